The van der Waals surface area contributed by atoms with Gasteiger partial charge >= 0.3 is 5.97 Å². The Labute approximate surface area is 144 Å². The van der Waals surface area contributed by atoms with E-state index in [1.807, 2.05) is 24.3 Å². The molecule has 1 atom stereocenters. The Hall–Kier alpha value is -2.87. The topological polar surface area (TPSA) is 121 Å². The third kappa shape index (κ3) is 5.05. The summed E-state index contributed by atoms with van der Waals surface area (Å²) in [7, 11) is 1.28. The summed E-state index contributed by atoms with van der Waals surface area (Å²) in [6.45, 7) is 0. The first kappa shape index (κ1) is 18.5. The summed E-state index contributed by atoms with van der Waals surface area (Å²) in [5.41, 5.74) is 3.34. The first-order valence-corrected chi connectivity index (χ1v) is 7.90. The van der Waals surface area contributed by atoms with Crippen molar-refractivity contribution < 1.29 is 24.3 Å². The van der Waals surface area contributed by atoms with Crippen molar-refractivity contribution in [1.82, 2.24) is 15.8 Å². The summed E-state index contributed by atoms with van der Waals surface area (Å²) >= 11 is 0. The van der Waals surface area contributed by atoms with Gasteiger partial charge in [0.25, 0.3) is 5.91 Å². The number of benzene rings is 1. The molecule has 0 aliphatic heterocycles. The molecule has 0 saturated heterocycles. The van der Waals surface area contributed by atoms with Gasteiger partial charge in [-0.1, -0.05) is 18.2 Å². The van der Waals surface area contributed by atoms with Gasteiger partial charge in [0, 0.05) is 36.4 Å². The van der Waals surface area contributed by atoms with Gasteiger partial charge in [0.15, 0.2) is 0 Å². The van der Waals surface area contributed by atoms with E-state index in [1.165, 1.54) is 7.11 Å². The highest BCUT2D eigenvalue weighted by Gasteiger charge is 2.22. The van der Waals surface area contributed by atoms with E-state index in [2.05, 4.69) is 15.0 Å². The predicted molar refractivity (Wildman–Crippen MR) is 89.7 cm³/mol. The molecule has 1 aromatic heterocycles. The lowest BCUT2D eigenvalue weighted by Crippen LogP contribution is -2.47. The minimum absolute atomic E-state index is 0.0815. The number of ether oxygens (including phenoxy) is 1. The van der Waals surface area contributed by atoms with Gasteiger partial charge in [0.1, 0.15) is 6.04 Å². The fraction of sp³-hybridized carbons (Fsp3) is 0.353. The van der Waals surface area contributed by atoms with E-state index < -0.39 is 17.9 Å². The van der Waals surface area contributed by atoms with Crippen LogP contribution in [0.5, 0.6) is 0 Å². The Morgan fingerprint density at radius 3 is 2.72 bits per heavy atom. The van der Waals surface area contributed by atoms with E-state index in [1.54, 1.807) is 11.7 Å². The molecule has 25 heavy (non-hydrogen) atoms. The second kappa shape index (κ2) is 8.84. The number of para-hydroxylation sites is 1. The molecule has 2 rings (SSSR count). The summed E-state index contributed by atoms with van der Waals surface area (Å²) in [6.07, 6.45) is 2.52. The molecule has 0 unspecified atom stereocenters. The number of rotatable bonds is 8. The number of methoxy groups -OCH3 is 1. The van der Waals surface area contributed by atoms with E-state index in [0.29, 0.717) is 6.42 Å². The second-order valence-corrected chi connectivity index (χ2v) is 5.59. The number of nitrogens with one attached hydrogen (secondary N) is 3. The fourth-order valence-electron chi connectivity index (χ4n) is 2.57. The van der Waals surface area contributed by atoms with Crippen molar-refractivity contribution in [2.24, 2.45) is 0 Å². The quantitative estimate of drug-likeness (QED) is 0.323. The third-order valence-corrected chi connectivity index (χ3v) is 3.87. The molecule has 8 nitrogen and oxygen atoms in total. The summed E-state index contributed by atoms with van der Waals surface area (Å²) in [5.74, 6) is -1.47. The molecule has 8 heteroatoms. The number of esters is 1. The summed E-state index contributed by atoms with van der Waals surface area (Å²) < 4.78 is 4.51. The zero-order chi connectivity index (χ0) is 18.2. The summed E-state index contributed by atoms with van der Waals surface area (Å²) in [6, 6.07) is 6.67. The molecule has 0 saturated carbocycles. The van der Waals surface area contributed by atoms with Crippen LogP contribution in [0, 0.1) is 0 Å². The van der Waals surface area contributed by atoms with E-state index >= 15 is 0 Å². The number of aromatic nitrogens is 1. The van der Waals surface area contributed by atoms with E-state index in [4.69, 9.17) is 5.21 Å². The van der Waals surface area contributed by atoms with Gasteiger partial charge in [-0.05, 0) is 18.1 Å². The highest BCUT2D eigenvalue weighted by atomic mass is 16.5. The van der Waals surface area contributed by atoms with Crippen molar-refractivity contribution >= 4 is 28.7 Å². The Balaban J connectivity index is 2.00. The van der Waals surface area contributed by atoms with Crippen LogP contribution in [-0.4, -0.2) is 41.1 Å². The van der Waals surface area contributed by atoms with Gasteiger partial charge in [0.2, 0.25) is 5.91 Å². The molecule has 1 aromatic carbocycles. The molecule has 2 aromatic rings. The van der Waals surface area contributed by atoms with Crippen LogP contribution < -0.4 is 10.8 Å². The van der Waals surface area contributed by atoms with Gasteiger partial charge in [-0.3, -0.25) is 19.6 Å². The monoisotopic (exact) mass is 347 g/mol. The maximum absolute atomic E-state index is 12.0. The Morgan fingerprint density at radius 2 is 2.00 bits per heavy atom. The zero-order valence-corrected chi connectivity index (χ0v) is 13.9. The smallest absolute Gasteiger partial charge is 0.305 e. The van der Waals surface area contributed by atoms with Crippen molar-refractivity contribution in [1.29, 1.82) is 0 Å². The van der Waals surface area contributed by atoms with Crippen LogP contribution in [0.1, 0.15) is 24.8 Å². The minimum Gasteiger partial charge on any atom is -0.469 e. The molecule has 0 fully saturated rings. The van der Waals surface area contributed by atoms with Crippen LogP contribution in [-0.2, 0) is 25.5 Å². The average molecular weight is 347 g/mol. The summed E-state index contributed by atoms with van der Waals surface area (Å²) in [4.78, 5) is 38.0. The maximum atomic E-state index is 12.0. The highest BCUT2D eigenvalue weighted by Crippen LogP contribution is 2.19. The van der Waals surface area contributed by atoms with Gasteiger partial charge < -0.3 is 15.0 Å². The van der Waals surface area contributed by atoms with Gasteiger partial charge in [-0.15, -0.1) is 0 Å². The van der Waals surface area contributed by atoms with Gasteiger partial charge in [-0.2, -0.15) is 0 Å². The molecule has 0 aliphatic carbocycles. The fourth-order valence-corrected chi connectivity index (χ4v) is 2.57. The number of carbonyl (C=O) groups is 3. The second-order valence-electron chi connectivity index (χ2n) is 5.59. The number of hydroxylamine groups is 1. The first-order valence-electron chi connectivity index (χ1n) is 7.90. The first-order chi connectivity index (χ1) is 12.0. The number of H-pyrrole nitrogens is 1. The number of fused-ring (bicyclic) bond motifs is 1. The summed E-state index contributed by atoms with van der Waals surface area (Å²) in [5, 5.41) is 12.4. The SMILES string of the molecule is COC(=O)CCCC(=O)N[C@@H](Cc1c[nH]c2ccccc12)C(=O)NO. The molecular formula is C17H21N3O5. The van der Waals surface area contributed by atoms with E-state index in [0.717, 1.165) is 16.5 Å². The molecule has 0 bridgehead atoms. The van der Waals surface area contributed by atoms with Gasteiger partial charge in [-0.25, -0.2) is 5.48 Å². The van der Waals surface area contributed by atoms with Crippen molar-refractivity contribution in [2.75, 3.05) is 7.11 Å². The van der Waals surface area contributed by atoms with E-state index in [9.17, 15) is 14.4 Å². The highest BCUT2D eigenvalue weighted by molar-refractivity contribution is 5.89. The van der Waals surface area contributed by atoms with Crippen molar-refractivity contribution in [3.05, 3.63) is 36.0 Å². The Morgan fingerprint density at radius 1 is 1.24 bits per heavy atom. The lowest BCUT2D eigenvalue weighted by molar-refractivity contribution is -0.141. The van der Waals surface area contributed by atoms with Crippen molar-refractivity contribution in [2.45, 2.75) is 31.7 Å². The van der Waals surface area contributed by atoms with Crippen LogP contribution in [0.15, 0.2) is 30.5 Å². The number of hydrogen-bond donors (Lipinski definition) is 4. The van der Waals surface area contributed by atoms with Crippen LogP contribution in [0.3, 0.4) is 0 Å². The largest absolute Gasteiger partial charge is 0.469 e. The molecule has 4 N–H and O–H groups in total. The van der Waals surface area contributed by atoms with E-state index in [-0.39, 0.29) is 25.2 Å². The van der Waals surface area contributed by atoms with Gasteiger partial charge in [0.05, 0.1) is 7.11 Å². The number of aromatic amines is 1. The molecule has 2 amide bonds. The standard InChI is InChI=1S/C17H21N3O5/c1-25-16(22)8-4-7-15(21)19-14(17(23)20-24)9-11-10-18-13-6-3-2-5-12(11)13/h2-3,5-6,10,14,18,24H,4,7-9H2,1H3,(H,19,21)(H,20,23)/t14-/m0/s1. The number of amides is 2. The maximum Gasteiger partial charge on any atom is 0.305 e. The Kier molecular flexibility index (Phi) is 6.53. The lowest BCUT2D eigenvalue weighted by atomic mass is 10.0. The predicted octanol–water partition coefficient (Wildman–Crippen LogP) is 1.04. The van der Waals surface area contributed by atoms with Crippen molar-refractivity contribution in [3.63, 3.8) is 0 Å². The molecule has 0 aliphatic rings. The molecule has 134 valence electrons. The number of hydrogen-bond acceptors (Lipinski definition) is 5. The average Bonchev–Trinajstić information content (AvgIpc) is 3.03. The molecule has 1 heterocycles. The molecule has 0 radical (unpaired) electrons. The van der Waals surface area contributed by atoms with Crippen LogP contribution in [0.4, 0.5) is 0 Å². The lowest BCUT2D eigenvalue weighted by Gasteiger charge is -2.16. The zero-order valence-electron chi connectivity index (χ0n) is 13.9. The minimum atomic E-state index is -0.921. The molecule has 0 spiro atoms. The van der Waals surface area contributed by atoms with Crippen LogP contribution >= 0.6 is 0 Å². The third-order valence-electron chi connectivity index (χ3n) is 3.87. The Bertz CT molecular complexity index is 756. The van der Waals surface area contributed by atoms with Crippen LogP contribution in [0.25, 0.3) is 10.9 Å². The van der Waals surface area contributed by atoms with Crippen molar-refractivity contribution in [3.8, 4) is 0 Å². The molecular weight excluding hydrogens is 326 g/mol. The van der Waals surface area contributed by atoms with Crippen LogP contribution in [0.2, 0.25) is 0 Å². The normalized spacial score (nSPS) is 11.8. The number of carbonyl (C=O) groups excluding carboxylic acids is 3.